The summed E-state index contributed by atoms with van der Waals surface area (Å²) in [5.41, 5.74) is 0. The second-order valence-electron chi connectivity index (χ2n) is 4.36. The molecule has 0 spiro atoms. The average Bonchev–Trinajstić information content (AvgIpc) is 2.35. The van der Waals surface area contributed by atoms with Crippen LogP contribution in [0.25, 0.3) is 0 Å². The first-order valence-corrected chi connectivity index (χ1v) is 6.74. The summed E-state index contributed by atoms with van der Waals surface area (Å²) in [5.74, 6) is 0. The molecule has 17 heavy (non-hydrogen) atoms. The monoisotopic (exact) mass is 240 g/mol. The number of nitroso groups, excluding NO2 is 1. The molecule has 0 aliphatic carbocycles. The molecule has 98 valence electrons. The Labute approximate surface area is 104 Å². The lowest BCUT2D eigenvalue weighted by molar-refractivity contribution is 0.550. The summed E-state index contributed by atoms with van der Waals surface area (Å²) in [5, 5.41) is 2.84. The predicted octanol–water partition coefficient (Wildman–Crippen LogP) is 3.99. The van der Waals surface area contributed by atoms with Gasteiger partial charge in [0.25, 0.3) is 0 Å². The fraction of sp³-hybridized carbons (Fsp3) is 0.923. The van der Waals surface area contributed by atoms with E-state index >= 15 is 0 Å². The first kappa shape index (κ1) is 16.0. The van der Waals surface area contributed by atoms with Crippen molar-refractivity contribution in [3.8, 4) is 0 Å². The van der Waals surface area contributed by atoms with E-state index in [2.05, 4.69) is 10.2 Å². The number of hydrogen-bond donors (Lipinski definition) is 0. The molecule has 4 heteroatoms. The highest BCUT2D eigenvalue weighted by Gasteiger charge is 1.93. The number of isocyanates is 1. The second-order valence-corrected chi connectivity index (χ2v) is 4.36. The Morgan fingerprint density at radius 1 is 0.647 bits per heavy atom. The van der Waals surface area contributed by atoms with Crippen LogP contribution in [0.2, 0.25) is 0 Å². The molecule has 0 amide bonds. The molecule has 0 radical (unpaired) electrons. The maximum absolute atomic E-state index is 9.83. The van der Waals surface area contributed by atoms with Crippen molar-refractivity contribution in [1.29, 1.82) is 0 Å². The summed E-state index contributed by atoms with van der Waals surface area (Å²) in [4.78, 5) is 23.1. The van der Waals surface area contributed by atoms with Crippen LogP contribution in [0.1, 0.15) is 64.2 Å². The Bertz CT molecular complexity index is 213. The van der Waals surface area contributed by atoms with E-state index in [4.69, 9.17) is 0 Å². The second kappa shape index (κ2) is 15.0. The Hall–Kier alpha value is -1.02. The predicted molar refractivity (Wildman–Crippen MR) is 69.8 cm³/mol. The number of unbranched alkanes of at least 4 members (excludes halogenated alkanes) is 9. The molecular formula is C13H24N2O2. The minimum absolute atomic E-state index is 0.475. The van der Waals surface area contributed by atoms with Crippen molar-refractivity contribution in [1.82, 2.24) is 0 Å². The van der Waals surface area contributed by atoms with E-state index in [1.807, 2.05) is 0 Å². The molecule has 0 aromatic rings. The van der Waals surface area contributed by atoms with Gasteiger partial charge < -0.3 is 0 Å². The van der Waals surface area contributed by atoms with Crippen molar-refractivity contribution >= 4 is 6.08 Å². The minimum Gasteiger partial charge on any atom is -0.211 e. The summed E-state index contributed by atoms with van der Waals surface area (Å²) >= 11 is 0. The molecule has 0 unspecified atom stereocenters. The molecule has 0 fully saturated rings. The van der Waals surface area contributed by atoms with Crippen LogP contribution < -0.4 is 0 Å². The minimum atomic E-state index is 0.475. The standard InChI is InChI=1S/C13H24N2O2/c16-13-14-11-9-7-5-3-1-2-4-6-8-10-12-15-17/h1-12H2. The number of rotatable bonds is 13. The zero-order chi connectivity index (χ0) is 12.6. The number of nitrogens with zero attached hydrogens (tertiary/aromatic N) is 2. The van der Waals surface area contributed by atoms with Gasteiger partial charge in [0.1, 0.15) is 0 Å². The highest BCUT2D eigenvalue weighted by atomic mass is 16.3. The van der Waals surface area contributed by atoms with Crippen molar-refractivity contribution in [2.75, 3.05) is 13.1 Å². The van der Waals surface area contributed by atoms with E-state index in [0.717, 1.165) is 25.7 Å². The smallest absolute Gasteiger partial charge is 0.211 e. The quantitative estimate of drug-likeness (QED) is 0.211. The van der Waals surface area contributed by atoms with E-state index in [0.29, 0.717) is 13.1 Å². The van der Waals surface area contributed by atoms with Crippen LogP contribution in [0.15, 0.2) is 10.2 Å². The molecule has 0 aromatic carbocycles. The third kappa shape index (κ3) is 15.0. The summed E-state index contributed by atoms with van der Waals surface area (Å²) in [6.45, 7) is 1.11. The zero-order valence-electron chi connectivity index (χ0n) is 10.7. The van der Waals surface area contributed by atoms with E-state index in [1.165, 1.54) is 38.5 Å². The summed E-state index contributed by atoms with van der Waals surface area (Å²) in [6, 6.07) is 0. The number of aliphatic imine (C=N–C) groups is 1. The molecule has 0 atom stereocenters. The SMILES string of the molecule is O=C=NCCCCCCCCCCCCN=O. The molecule has 4 nitrogen and oxygen atoms in total. The fourth-order valence-electron chi connectivity index (χ4n) is 1.83. The third-order valence-electron chi connectivity index (χ3n) is 2.83. The normalized spacial score (nSPS) is 9.88. The lowest BCUT2D eigenvalue weighted by atomic mass is 10.1. The van der Waals surface area contributed by atoms with E-state index in [9.17, 15) is 9.70 Å². The van der Waals surface area contributed by atoms with Crippen LogP contribution in [0.3, 0.4) is 0 Å². The lowest BCUT2D eigenvalue weighted by Gasteiger charge is -2.01. The van der Waals surface area contributed by atoms with Gasteiger partial charge in [0.2, 0.25) is 6.08 Å². The van der Waals surface area contributed by atoms with E-state index in [-0.39, 0.29) is 0 Å². The summed E-state index contributed by atoms with van der Waals surface area (Å²) < 4.78 is 0. The lowest BCUT2D eigenvalue weighted by Crippen LogP contribution is -1.85. The van der Waals surface area contributed by atoms with Crippen LogP contribution in [0, 0.1) is 4.91 Å². The Morgan fingerprint density at radius 2 is 1.06 bits per heavy atom. The molecule has 0 saturated carbocycles. The highest BCUT2D eigenvalue weighted by Crippen LogP contribution is 2.10. The van der Waals surface area contributed by atoms with Crippen molar-refractivity contribution in [2.24, 2.45) is 10.2 Å². The topological polar surface area (TPSA) is 58.9 Å². The number of carbonyl (C=O) groups excluding carboxylic acids is 1. The highest BCUT2D eigenvalue weighted by molar-refractivity contribution is 5.32. The van der Waals surface area contributed by atoms with Gasteiger partial charge in [-0.05, 0) is 12.8 Å². The third-order valence-corrected chi connectivity index (χ3v) is 2.83. The van der Waals surface area contributed by atoms with Gasteiger partial charge in [-0.1, -0.05) is 56.5 Å². The Balaban J connectivity index is 2.93. The largest absolute Gasteiger partial charge is 0.234 e. The molecule has 0 bridgehead atoms. The maximum Gasteiger partial charge on any atom is 0.234 e. The van der Waals surface area contributed by atoms with Gasteiger partial charge in [0.15, 0.2) is 0 Å². The Morgan fingerprint density at radius 3 is 1.47 bits per heavy atom. The Kier molecular flexibility index (Phi) is 14.1. The number of hydrogen-bond acceptors (Lipinski definition) is 4. The van der Waals surface area contributed by atoms with Crippen LogP contribution >= 0.6 is 0 Å². The molecule has 0 aromatic heterocycles. The average molecular weight is 240 g/mol. The molecule has 0 rings (SSSR count). The first-order valence-electron chi connectivity index (χ1n) is 6.74. The van der Waals surface area contributed by atoms with Gasteiger partial charge in [-0.25, -0.2) is 9.79 Å². The van der Waals surface area contributed by atoms with Crippen molar-refractivity contribution in [2.45, 2.75) is 64.2 Å². The van der Waals surface area contributed by atoms with Crippen molar-refractivity contribution in [3.63, 3.8) is 0 Å². The van der Waals surface area contributed by atoms with Gasteiger partial charge in [0, 0.05) is 0 Å². The van der Waals surface area contributed by atoms with Crippen LogP contribution in [-0.4, -0.2) is 19.2 Å². The molecule has 0 saturated heterocycles. The van der Waals surface area contributed by atoms with Gasteiger partial charge in [-0.2, -0.15) is 4.91 Å². The van der Waals surface area contributed by atoms with Gasteiger partial charge in [-0.3, -0.25) is 0 Å². The van der Waals surface area contributed by atoms with E-state index in [1.54, 1.807) is 6.08 Å². The first-order chi connectivity index (χ1) is 8.41. The summed E-state index contributed by atoms with van der Waals surface area (Å²) in [6.07, 6.45) is 13.4. The molecular weight excluding hydrogens is 216 g/mol. The molecule has 0 aliphatic rings. The maximum atomic E-state index is 9.83. The van der Waals surface area contributed by atoms with Crippen LogP contribution in [0.4, 0.5) is 0 Å². The molecule has 0 N–H and O–H groups in total. The van der Waals surface area contributed by atoms with Crippen molar-refractivity contribution < 1.29 is 4.79 Å². The molecule has 0 heterocycles. The van der Waals surface area contributed by atoms with Crippen molar-refractivity contribution in [3.05, 3.63) is 4.91 Å². The van der Waals surface area contributed by atoms with Gasteiger partial charge in [0.05, 0.1) is 13.1 Å². The fourth-order valence-corrected chi connectivity index (χ4v) is 1.83. The zero-order valence-corrected chi connectivity index (χ0v) is 10.7. The summed E-state index contributed by atoms with van der Waals surface area (Å²) in [7, 11) is 0. The van der Waals surface area contributed by atoms with Crippen LogP contribution in [-0.2, 0) is 4.79 Å². The van der Waals surface area contributed by atoms with Crippen LogP contribution in [0.5, 0.6) is 0 Å². The van der Waals surface area contributed by atoms with E-state index < -0.39 is 0 Å². The van der Waals surface area contributed by atoms with Gasteiger partial charge in [-0.15, -0.1) is 0 Å². The molecule has 0 aliphatic heterocycles. The van der Waals surface area contributed by atoms with Gasteiger partial charge >= 0.3 is 0 Å².